The summed E-state index contributed by atoms with van der Waals surface area (Å²) in [4.78, 5) is 17.4. The van der Waals surface area contributed by atoms with Crippen molar-refractivity contribution in [2.45, 2.75) is 6.17 Å². The highest BCUT2D eigenvalue weighted by Crippen LogP contribution is 2.33. The van der Waals surface area contributed by atoms with E-state index in [1.807, 2.05) is 111 Å². The number of carbonyl (C=O) groups is 1. The van der Waals surface area contributed by atoms with Crippen LogP contribution in [0.4, 0.5) is 17.1 Å². The van der Waals surface area contributed by atoms with Crippen molar-refractivity contribution in [3.63, 3.8) is 0 Å². The molecule has 3 aromatic carbocycles. The maximum Gasteiger partial charge on any atom is 0.278 e. The first-order valence-electron chi connectivity index (χ1n) is 10.2. The number of carbonyl (C=O) groups excluding carboxylic acids is 1. The number of nitrogens with zero attached hydrogens (tertiary/aromatic N) is 4. The first kappa shape index (κ1) is 20.5. The van der Waals surface area contributed by atoms with Crippen LogP contribution in [0.2, 0.25) is 0 Å². The van der Waals surface area contributed by atoms with Gasteiger partial charge >= 0.3 is 0 Å². The molecule has 3 aromatic rings. The van der Waals surface area contributed by atoms with Gasteiger partial charge in [0.25, 0.3) is 5.91 Å². The van der Waals surface area contributed by atoms with Crippen molar-refractivity contribution in [1.29, 1.82) is 0 Å². The van der Waals surface area contributed by atoms with E-state index in [2.05, 4.69) is 10.4 Å². The number of hydrogen-bond donors (Lipinski definition) is 1. The predicted octanol–water partition coefficient (Wildman–Crippen LogP) is 4.42. The number of amides is 1. The maximum atomic E-state index is 13.3. The molecular formula is C25H27N5O. The third kappa shape index (κ3) is 4.23. The molecule has 6 nitrogen and oxygen atoms in total. The van der Waals surface area contributed by atoms with Crippen molar-refractivity contribution >= 4 is 29.2 Å². The fraction of sp³-hybridized carbons (Fsp3) is 0.200. The first-order valence-corrected chi connectivity index (χ1v) is 10.2. The number of hydrogen-bond acceptors (Lipinski definition) is 5. The molecule has 0 saturated heterocycles. The Morgan fingerprint density at radius 3 is 2.03 bits per heavy atom. The summed E-state index contributed by atoms with van der Waals surface area (Å²) >= 11 is 0. The fourth-order valence-corrected chi connectivity index (χ4v) is 3.53. The molecule has 31 heavy (non-hydrogen) atoms. The number of fused-ring (bicyclic) bond motifs is 1. The van der Waals surface area contributed by atoms with E-state index in [-0.39, 0.29) is 5.91 Å². The zero-order chi connectivity index (χ0) is 22.0. The van der Waals surface area contributed by atoms with Crippen LogP contribution in [-0.4, -0.2) is 45.3 Å². The molecule has 158 valence electrons. The Balaban J connectivity index is 1.68. The van der Waals surface area contributed by atoms with E-state index in [1.165, 1.54) is 5.01 Å². The Morgan fingerprint density at radius 2 is 1.42 bits per heavy atom. The molecule has 0 aromatic heterocycles. The summed E-state index contributed by atoms with van der Waals surface area (Å²) in [6, 6.07) is 23.8. The van der Waals surface area contributed by atoms with Crippen LogP contribution in [0.1, 0.15) is 27.7 Å². The maximum absolute atomic E-state index is 13.3. The summed E-state index contributed by atoms with van der Waals surface area (Å²) in [6.07, 6.45) is 1.34. The van der Waals surface area contributed by atoms with Crippen LogP contribution in [0.15, 0.2) is 77.9 Å². The van der Waals surface area contributed by atoms with Gasteiger partial charge in [0, 0.05) is 45.3 Å². The molecule has 1 N–H and O–H groups in total. The lowest BCUT2D eigenvalue weighted by Gasteiger charge is -2.34. The average molecular weight is 414 g/mol. The number of anilines is 3. The third-order valence-electron chi connectivity index (χ3n) is 5.37. The molecule has 0 saturated carbocycles. The molecule has 1 aliphatic heterocycles. The number of hydrazone groups is 1. The SMILES string of the molecule is CN(C)c1ccc(/C=N/N2C(=O)c3ccccc3NC2c2ccc(N(C)C)cc2)cc1. The van der Waals surface area contributed by atoms with Crippen molar-refractivity contribution in [2.75, 3.05) is 43.3 Å². The van der Waals surface area contributed by atoms with Crippen molar-refractivity contribution in [1.82, 2.24) is 5.01 Å². The van der Waals surface area contributed by atoms with E-state index in [0.717, 1.165) is 28.2 Å². The van der Waals surface area contributed by atoms with Gasteiger partial charge in [-0.25, -0.2) is 5.01 Å². The Bertz CT molecular complexity index is 1090. The summed E-state index contributed by atoms with van der Waals surface area (Å²) in [5, 5.41) is 9.59. The summed E-state index contributed by atoms with van der Waals surface area (Å²) in [5.74, 6) is -0.128. The van der Waals surface area contributed by atoms with Crippen LogP contribution in [0.25, 0.3) is 0 Å². The van der Waals surface area contributed by atoms with Crippen molar-refractivity contribution in [3.8, 4) is 0 Å². The molecule has 1 amide bonds. The highest BCUT2D eigenvalue weighted by atomic mass is 16.2. The minimum Gasteiger partial charge on any atom is -0.378 e. The number of rotatable bonds is 5. The molecule has 4 rings (SSSR count). The van der Waals surface area contributed by atoms with E-state index in [0.29, 0.717) is 5.56 Å². The molecule has 1 aliphatic rings. The molecule has 0 fully saturated rings. The van der Waals surface area contributed by atoms with Crippen molar-refractivity contribution in [2.24, 2.45) is 5.10 Å². The third-order valence-corrected chi connectivity index (χ3v) is 5.37. The van der Waals surface area contributed by atoms with Gasteiger partial charge in [0.2, 0.25) is 0 Å². The molecule has 0 aliphatic carbocycles. The van der Waals surface area contributed by atoms with Crippen LogP contribution in [0, 0.1) is 0 Å². The van der Waals surface area contributed by atoms with Crippen LogP contribution < -0.4 is 15.1 Å². The minimum atomic E-state index is -0.393. The molecule has 0 spiro atoms. The second kappa shape index (κ2) is 8.52. The smallest absolute Gasteiger partial charge is 0.278 e. The predicted molar refractivity (Wildman–Crippen MR) is 128 cm³/mol. The van der Waals surface area contributed by atoms with Gasteiger partial charge in [-0.1, -0.05) is 36.4 Å². The molecule has 6 heteroatoms. The van der Waals surface area contributed by atoms with Gasteiger partial charge in [-0.2, -0.15) is 5.10 Å². The van der Waals surface area contributed by atoms with E-state index >= 15 is 0 Å². The van der Waals surface area contributed by atoms with E-state index < -0.39 is 6.17 Å². The largest absolute Gasteiger partial charge is 0.378 e. The zero-order valence-electron chi connectivity index (χ0n) is 18.3. The van der Waals surface area contributed by atoms with Gasteiger partial charge in [-0.15, -0.1) is 0 Å². The lowest BCUT2D eigenvalue weighted by atomic mass is 10.0. The number of nitrogens with one attached hydrogen (secondary N) is 1. The molecule has 0 radical (unpaired) electrons. The summed E-state index contributed by atoms with van der Waals surface area (Å²) < 4.78 is 0. The Morgan fingerprint density at radius 1 is 0.839 bits per heavy atom. The first-order chi connectivity index (χ1) is 14.9. The van der Waals surface area contributed by atoms with E-state index in [9.17, 15) is 4.79 Å². The molecule has 1 atom stereocenters. The molecule has 0 bridgehead atoms. The lowest BCUT2D eigenvalue weighted by Crippen LogP contribution is -2.39. The van der Waals surface area contributed by atoms with Gasteiger partial charge in [0.1, 0.15) is 0 Å². The van der Waals surface area contributed by atoms with Crippen LogP contribution in [-0.2, 0) is 0 Å². The van der Waals surface area contributed by atoms with Crippen LogP contribution in [0.3, 0.4) is 0 Å². The Hall–Kier alpha value is -3.80. The van der Waals surface area contributed by atoms with Crippen LogP contribution >= 0.6 is 0 Å². The standard InChI is InChI=1S/C25H27N5O/c1-28(2)20-13-9-18(10-14-20)17-26-30-24(19-11-15-21(16-12-19)29(3)4)27-23-8-6-5-7-22(23)25(30)31/h5-17,24,27H,1-4H3/b26-17+. The lowest BCUT2D eigenvalue weighted by molar-refractivity contribution is 0.0691. The summed E-state index contributed by atoms with van der Waals surface area (Å²) in [6.45, 7) is 0. The second-order valence-corrected chi connectivity index (χ2v) is 7.96. The van der Waals surface area contributed by atoms with E-state index in [1.54, 1.807) is 6.21 Å². The summed E-state index contributed by atoms with van der Waals surface area (Å²) in [7, 11) is 8.02. The summed E-state index contributed by atoms with van der Waals surface area (Å²) in [5.41, 5.74) is 5.54. The monoisotopic (exact) mass is 413 g/mol. The Labute approximate surface area is 183 Å². The van der Waals surface area contributed by atoms with Gasteiger partial charge in [0.05, 0.1) is 11.8 Å². The quantitative estimate of drug-likeness (QED) is 0.629. The van der Waals surface area contributed by atoms with Crippen molar-refractivity contribution < 1.29 is 4.79 Å². The van der Waals surface area contributed by atoms with Gasteiger partial charge in [-0.05, 0) is 47.5 Å². The van der Waals surface area contributed by atoms with Crippen LogP contribution in [0.5, 0.6) is 0 Å². The number of para-hydroxylation sites is 1. The highest BCUT2D eigenvalue weighted by molar-refractivity contribution is 6.02. The number of benzene rings is 3. The molecule has 1 heterocycles. The van der Waals surface area contributed by atoms with E-state index in [4.69, 9.17) is 0 Å². The molecular weight excluding hydrogens is 386 g/mol. The minimum absolute atomic E-state index is 0.128. The second-order valence-electron chi connectivity index (χ2n) is 7.96. The highest BCUT2D eigenvalue weighted by Gasteiger charge is 2.32. The van der Waals surface area contributed by atoms with Gasteiger partial charge in [-0.3, -0.25) is 4.79 Å². The fourth-order valence-electron chi connectivity index (χ4n) is 3.53. The Kier molecular flexibility index (Phi) is 5.62. The normalized spacial score (nSPS) is 15.5. The molecule has 1 unspecified atom stereocenters. The van der Waals surface area contributed by atoms with Gasteiger partial charge in [0.15, 0.2) is 6.17 Å². The zero-order valence-corrected chi connectivity index (χ0v) is 18.3. The van der Waals surface area contributed by atoms with Gasteiger partial charge < -0.3 is 15.1 Å². The average Bonchev–Trinajstić information content (AvgIpc) is 2.78. The van der Waals surface area contributed by atoms with Crippen molar-refractivity contribution in [3.05, 3.63) is 89.5 Å². The topological polar surface area (TPSA) is 51.2 Å².